The minimum atomic E-state index is -5.41. The number of rotatable bonds is 9. The molecule has 0 spiro atoms. The molecule has 0 unspecified atom stereocenters. The van der Waals surface area contributed by atoms with Crippen molar-refractivity contribution in [1.82, 2.24) is 0 Å². The molecule has 5 N–H and O–H groups in total. The number of hydrogen-bond donors (Lipinski definition) is 5. The van der Waals surface area contributed by atoms with E-state index in [4.69, 9.17) is 14.9 Å². The summed E-state index contributed by atoms with van der Waals surface area (Å²) >= 11 is 0. The van der Waals surface area contributed by atoms with E-state index in [0.717, 1.165) is 0 Å². The summed E-state index contributed by atoms with van der Waals surface area (Å²) in [6, 6.07) is 0. The van der Waals surface area contributed by atoms with Gasteiger partial charge in [0.25, 0.3) is 0 Å². The molecule has 21 heavy (non-hydrogen) atoms. The maximum atomic E-state index is 11.1. The Morgan fingerprint density at radius 3 is 1.95 bits per heavy atom. The number of ketones is 1. The molecule has 3 atom stereocenters. The molecule has 0 aromatic rings. The van der Waals surface area contributed by atoms with Crippen LogP contribution in [0.2, 0.25) is 0 Å². The predicted octanol–water partition coefficient (Wildman–Crippen LogP) is -4.79. The molecule has 0 amide bonds. The number of hydrogen-bond acceptors (Lipinski definition) is 10. The van der Waals surface area contributed by atoms with E-state index in [0.29, 0.717) is 0 Å². The first-order chi connectivity index (χ1) is 8.83. The number of carbonyl (C=O) groups excluding carboxylic acids is 1. The molecule has 15 heteroatoms. The van der Waals surface area contributed by atoms with Crippen LogP contribution in [-0.2, 0) is 23.0 Å². The summed E-state index contributed by atoms with van der Waals surface area (Å²) in [6.07, 6.45) is -6.70. The van der Waals surface area contributed by atoms with Crippen LogP contribution in [0.1, 0.15) is 0 Å². The third kappa shape index (κ3) is 12.2. The molecule has 0 radical (unpaired) electrons. The zero-order valence-electron chi connectivity index (χ0n) is 10.3. The summed E-state index contributed by atoms with van der Waals surface area (Å²) < 4.78 is 27.7. The minimum absolute atomic E-state index is 0. The third-order valence-electron chi connectivity index (χ3n) is 1.83. The molecule has 0 fully saturated rings. The van der Waals surface area contributed by atoms with Gasteiger partial charge in [0.1, 0.15) is 24.9 Å². The number of phosphoric ester groups is 2. The molecule has 0 aromatic heterocycles. The Labute approximate surface area is 148 Å². The smallest absolute Gasteiger partial charge is 0.790 e. The zero-order valence-corrected chi connectivity index (χ0v) is 14.3. The Morgan fingerprint density at radius 2 is 1.57 bits per heavy atom. The van der Waals surface area contributed by atoms with Gasteiger partial charge in [0.15, 0.2) is 5.78 Å². The van der Waals surface area contributed by atoms with Gasteiger partial charge in [0.05, 0.1) is 14.4 Å². The molecule has 0 saturated carbocycles. The second-order valence-electron chi connectivity index (χ2n) is 3.48. The molecule has 0 rings (SSSR count). The Bertz CT molecular complexity index is 416. The quantitative estimate of drug-likeness (QED) is 0.189. The van der Waals surface area contributed by atoms with E-state index in [1.165, 1.54) is 0 Å². The van der Waals surface area contributed by atoms with E-state index in [9.17, 15) is 33.9 Å². The van der Waals surface area contributed by atoms with E-state index in [1.54, 1.807) is 0 Å². The summed E-state index contributed by atoms with van der Waals surface area (Å²) in [4.78, 5) is 47.9. The zero-order chi connectivity index (χ0) is 16.1. The summed E-state index contributed by atoms with van der Waals surface area (Å²) in [5.74, 6) is -1.40. The maximum Gasteiger partial charge on any atom is 2.00 e. The molecule has 0 bridgehead atoms. The second kappa shape index (κ2) is 10.0. The summed E-state index contributed by atoms with van der Waals surface area (Å²) in [5.41, 5.74) is 0. The first kappa shape index (κ1) is 24.3. The fraction of sp³-hybridized carbons (Fsp3) is 0.833. The molecule has 120 valence electrons. The average Bonchev–Trinajstić information content (AvgIpc) is 2.29. The van der Waals surface area contributed by atoms with Crippen molar-refractivity contribution in [3.8, 4) is 0 Å². The monoisotopic (exact) mass is 378 g/mol. The van der Waals surface area contributed by atoms with Gasteiger partial charge in [-0.3, -0.25) is 9.32 Å². The normalized spacial score (nSPS) is 16.7. The second-order valence-corrected chi connectivity index (χ2v) is 5.87. The summed E-state index contributed by atoms with van der Waals surface area (Å²) in [7, 11) is -10.4. The van der Waals surface area contributed by atoms with Crippen LogP contribution in [0.5, 0.6) is 0 Å². The Kier molecular flexibility index (Phi) is 11.6. The van der Waals surface area contributed by atoms with Gasteiger partial charge in [-0.05, 0) is 0 Å². The van der Waals surface area contributed by atoms with E-state index in [-0.39, 0.29) is 37.7 Å². The third-order valence-corrected chi connectivity index (χ3v) is 2.76. The molecule has 0 aromatic carbocycles. The van der Waals surface area contributed by atoms with Crippen molar-refractivity contribution in [1.29, 1.82) is 0 Å². The van der Waals surface area contributed by atoms with Gasteiger partial charge in [0, 0.05) is 0 Å². The molecule has 12 nitrogen and oxygen atoms in total. The van der Waals surface area contributed by atoms with E-state index < -0.39 is 53.0 Å². The fourth-order valence-corrected chi connectivity index (χ4v) is 1.53. The number of aliphatic hydroxyl groups excluding tert-OH is 3. The van der Waals surface area contributed by atoms with Crippen molar-refractivity contribution in [2.45, 2.75) is 18.3 Å². The Balaban J connectivity index is 0. The van der Waals surface area contributed by atoms with Crippen molar-refractivity contribution in [3.63, 3.8) is 0 Å². The fourth-order valence-electron chi connectivity index (χ4n) is 0.900. The average molecular weight is 378 g/mol. The Hall–Kier alpha value is 1.03. The molecule has 0 aliphatic rings. The number of aliphatic hydroxyl groups is 3. The van der Waals surface area contributed by atoms with Crippen LogP contribution in [0, 0.1) is 0 Å². The number of carbonyl (C=O) groups is 1. The van der Waals surface area contributed by atoms with Crippen LogP contribution in [0.4, 0.5) is 0 Å². The first-order valence-corrected chi connectivity index (χ1v) is 7.76. The van der Waals surface area contributed by atoms with Gasteiger partial charge in [0.2, 0.25) is 0 Å². The van der Waals surface area contributed by atoms with Crippen molar-refractivity contribution in [2.75, 3.05) is 13.2 Å². The summed E-state index contributed by atoms with van der Waals surface area (Å²) in [6.45, 7) is -2.48. The van der Waals surface area contributed by atoms with Crippen molar-refractivity contribution < 1.29 is 57.9 Å². The molecular formula is C6H12CaO12P2. The largest absolute Gasteiger partial charge is 2.00 e. The van der Waals surface area contributed by atoms with E-state index >= 15 is 0 Å². The van der Waals surface area contributed by atoms with Gasteiger partial charge >= 0.3 is 45.6 Å². The Morgan fingerprint density at radius 1 is 1.10 bits per heavy atom. The van der Waals surface area contributed by atoms with Gasteiger partial charge in [-0.15, -0.1) is 0 Å². The van der Waals surface area contributed by atoms with Gasteiger partial charge < -0.3 is 44.0 Å². The standard InChI is InChI=1S/C6H14O12P2.Ca/c7-3(1-17-19(11,12)13)5(9)6(10)4(8)2-18-20(14,15)16;/h3,5-7,9-10H,1-2H2,(H2,11,12,13)(H2,14,15,16);/q;+2/p-2/t3-,5-,6-;/m1./s1. The van der Waals surface area contributed by atoms with Crippen LogP contribution in [-0.4, -0.2) is 100 Å². The van der Waals surface area contributed by atoms with Crippen LogP contribution in [0.3, 0.4) is 0 Å². The van der Waals surface area contributed by atoms with Crippen LogP contribution in [0.15, 0.2) is 0 Å². The van der Waals surface area contributed by atoms with E-state index in [1.807, 2.05) is 0 Å². The predicted molar refractivity (Wildman–Crippen MR) is 60.3 cm³/mol. The maximum absolute atomic E-state index is 11.1. The SMILES string of the molecule is O=C(COP(=O)(O)O)[C@@H](O)[C@H](O)[C@H](O)COP(=O)([O-])[O-].[Ca+2]. The van der Waals surface area contributed by atoms with Gasteiger partial charge in [-0.25, -0.2) is 4.57 Å². The molecule has 0 saturated heterocycles. The van der Waals surface area contributed by atoms with Crippen molar-refractivity contribution >= 4 is 59.2 Å². The van der Waals surface area contributed by atoms with Crippen molar-refractivity contribution in [3.05, 3.63) is 0 Å². The van der Waals surface area contributed by atoms with Crippen molar-refractivity contribution in [2.24, 2.45) is 0 Å². The first-order valence-electron chi connectivity index (χ1n) is 4.77. The molecular weight excluding hydrogens is 366 g/mol. The van der Waals surface area contributed by atoms with Crippen LogP contribution < -0.4 is 9.79 Å². The van der Waals surface area contributed by atoms with Crippen LogP contribution >= 0.6 is 15.6 Å². The molecule has 0 heterocycles. The number of phosphoric acid groups is 2. The molecule has 0 aliphatic carbocycles. The minimum Gasteiger partial charge on any atom is -0.790 e. The topological polar surface area (TPSA) is 217 Å². The van der Waals surface area contributed by atoms with Gasteiger partial charge in [-0.1, -0.05) is 0 Å². The van der Waals surface area contributed by atoms with Gasteiger partial charge in [-0.2, -0.15) is 0 Å². The van der Waals surface area contributed by atoms with E-state index in [2.05, 4.69) is 9.05 Å². The molecule has 0 aliphatic heterocycles. The van der Waals surface area contributed by atoms with Crippen LogP contribution in [0.25, 0.3) is 0 Å². The number of Topliss-reactive ketones (excluding diaryl/α,β-unsaturated/α-hetero) is 1. The summed E-state index contributed by atoms with van der Waals surface area (Å²) in [5, 5.41) is 27.6.